The van der Waals surface area contributed by atoms with E-state index in [2.05, 4.69) is 12.2 Å². The summed E-state index contributed by atoms with van der Waals surface area (Å²) in [5, 5.41) is 13.9. The number of hydrogen-bond donors (Lipinski definition) is 2. The van der Waals surface area contributed by atoms with Gasteiger partial charge in [0.15, 0.2) is 0 Å². The van der Waals surface area contributed by atoms with Gasteiger partial charge in [-0.1, -0.05) is 67.6 Å². The van der Waals surface area contributed by atoms with Crippen LogP contribution in [-0.4, -0.2) is 34.2 Å². The Kier molecular flexibility index (Phi) is 5.84. The number of rotatable bonds is 7. The first kappa shape index (κ1) is 17.6. The SMILES string of the molecule is CC[C@H]1N[C@@H]([C@H](O)CCc2ccccc2)C(=O)N1Cc1ccccc1. The van der Waals surface area contributed by atoms with E-state index in [1.54, 1.807) is 0 Å². The van der Waals surface area contributed by atoms with Gasteiger partial charge in [0.25, 0.3) is 0 Å². The zero-order chi connectivity index (χ0) is 17.6. The Morgan fingerprint density at radius 2 is 1.64 bits per heavy atom. The maximum atomic E-state index is 12.8. The summed E-state index contributed by atoms with van der Waals surface area (Å²) in [6.07, 6.45) is 1.46. The van der Waals surface area contributed by atoms with Crippen molar-refractivity contribution in [2.24, 2.45) is 0 Å². The van der Waals surface area contributed by atoms with Crippen LogP contribution in [0.15, 0.2) is 60.7 Å². The van der Waals surface area contributed by atoms with Gasteiger partial charge in [-0.25, -0.2) is 0 Å². The Hall–Kier alpha value is -2.17. The molecule has 1 amide bonds. The van der Waals surface area contributed by atoms with Gasteiger partial charge in [-0.15, -0.1) is 0 Å². The van der Waals surface area contributed by atoms with Crippen molar-refractivity contribution in [2.75, 3.05) is 0 Å². The van der Waals surface area contributed by atoms with Gasteiger partial charge in [-0.2, -0.15) is 0 Å². The highest BCUT2D eigenvalue weighted by molar-refractivity contribution is 5.85. The van der Waals surface area contributed by atoms with Crippen molar-refractivity contribution in [3.63, 3.8) is 0 Å². The molecule has 0 unspecified atom stereocenters. The Morgan fingerprint density at radius 1 is 1.04 bits per heavy atom. The van der Waals surface area contributed by atoms with Crippen LogP contribution >= 0.6 is 0 Å². The first-order valence-corrected chi connectivity index (χ1v) is 9.01. The van der Waals surface area contributed by atoms with Crippen LogP contribution in [0.1, 0.15) is 30.9 Å². The second-order valence-corrected chi connectivity index (χ2v) is 6.61. The first-order chi connectivity index (χ1) is 12.2. The normalized spacial score (nSPS) is 21.5. The molecular formula is C21H26N2O2. The van der Waals surface area contributed by atoms with Gasteiger partial charge in [0.2, 0.25) is 5.91 Å². The van der Waals surface area contributed by atoms with E-state index < -0.39 is 12.1 Å². The number of nitrogens with one attached hydrogen (secondary N) is 1. The van der Waals surface area contributed by atoms with Crippen molar-refractivity contribution in [1.29, 1.82) is 0 Å². The molecule has 2 aromatic rings. The largest absolute Gasteiger partial charge is 0.391 e. The minimum absolute atomic E-state index is 0.00346. The highest BCUT2D eigenvalue weighted by atomic mass is 16.3. The third-order valence-corrected chi connectivity index (χ3v) is 4.84. The smallest absolute Gasteiger partial charge is 0.244 e. The third-order valence-electron chi connectivity index (χ3n) is 4.84. The average Bonchev–Trinajstić information content (AvgIpc) is 2.97. The van der Waals surface area contributed by atoms with Gasteiger partial charge in [0.05, 0.1) is 12.3 Å². The molecular weight excluding hydrogens is 312 g/mol. The molecule has 2 aromatic carbocycles. The van der Waals surface area contributed by atoms with Crippen molar-refractivity contribution in [3.8, 4) is 0 Å². The second kappa shape index (κ2) is 8.28. The van der Waals surface area contributed by atoms with Crippen LogP contribution in [0, 0.1) is 0 Å². The summed E-state index contributed by atoms with van der Waals surface area (Å²) < 4.78 is 0. The van der Waals surface area contributed by atoms with E-state index in [9.17, 15) is 9.90 Å². The lowest BCUT2D eigenvalue weighted by Crippen LogP contribution is -2.41. The van der Waals surface area contributed by atoms with E-state index in [1.807, 2.05) is 65.6 Å². The Morgan fingerprint density at radius 3 is 2.24 bits per heavy atom. The van der Waals surface area contributed by atoms with Crippen LogP contribution in [0.2, 0.25) is 0 Å². The van der Waals surface area contributed by atoms with E-state index in [0.717, 1.165) is 18.4 Å². The first-order valence-electron chi connectivity index (χ1n) is 9.01. The molecule has 1 aliphatic rings. The predicted octanol–water partition coefficient (Wildman–Crippen LogP) is 2.72. The highest BCUT2D eigenvalue weighted by Gasteiger charge is 2.41. The van der Waals surface area contributed by atoms with E-state index in [0.29, 0.717) is 13.0 Å². The standard InChI is InChI=1S/C21H26N2O2/c1-2-19-22-20(18(24)14-13-16-9-5-3-6-10-16)21(25)23(19)15-17-11-7-4-8-12-17/h3-12,18-20,22,24H,2,13-15H2,1H3/t18-,19+,20+/m1/s1. The second-order valence-electron chi connectivity index (χ2n) is 6.61. The molecule has 1 heterocycles. The van der Waals surface area contributed by atoms with Crippen LogP contribution in [0.5, 0.6) is 0 Å². The van der Waals surface area contributed by atoms with Crippen molar-refractivity contribution in [1.82, 2.24) is 10.2 Å². The maximum absolute atomic E-state index is 12.8. The zero-order valence-corrected chi connectivity index (χ0v) is 14.6. The molecule has 1 saturated heterocycles. The lowest BCUT2D eigenvalue weighted by molar-refractivity contribution is -0.132. The number of aliphatic hydroxyl groups is 1. The van der Waals surface area contributed by atoms with Crippen LogP contribution in [0.25, 0.3) is 0 Å². The summed E-state index contributed by atoms with van der Waals surface area (Å²) in [7, 11) is 0. The lowest BCUT2D eigenvalue weighted by atomic mass is 10.0. The maximum Gasteiger partial charge on any atom is 0.244 e. The fourth-order valence-corrected chi connectivity index (χ4v) is 3.41. The van der Waals surface area contributed by atoms with E-state index in [1.165, 1.54) is 5.56 Å². The Bertz CT molecular complexity index is 675. The zero-order valence-electron chi connectivity index (χ0n) is 14.6. The third kappa shape index (κ3) is 4.27. The predicted molar refractivity (Wildman–Crippen MR) is 98.8 cm³/mol. The molecule has 1 aliphatic heterocycles. The average molecular weight is 338 g/mol. The minimum Gasteiger partial charge on any atom is -0.391 e. The Labute approximate surface area is 149 Å². The fourth-order valence-electron chi connectivity index (χ4n) is 3.41. The van der Waals surface area contributed by atoms with Crippen LogP contribution in [0.4, 0.5) is 0 Å². The number of amides is 1. The highest BCUT2D eigenvalue weighted by Crippen LogP contribution is 2.21. The molecule has 3 atom stereocenters. The number of carbonyl (C=O) groups excluding carboxylic acids is 1. The number of carbonyl (C=O) groups is 1. The molecule has 0 aromatic heterocycles. The van der Waals surface area contributed by atoms with E-state index in [-0.39, 0.29) is 12.1 Å². The minimum atomic E-state index is -0.678. The molecule has 0 spiro atoms. The van der Waals surface area contributed by atoms with Crippen LogP contribution < -0.4 is 5.32 Å². The monoisotopic (exact) mass is 338 g/mol. The van der Waals surface area contributed by atoms with Gasteiger partial charge in [0, 0.05) is 6.54 Å². The fraction of sp³-hybridized carbons (Fsp3) is 0.381. The number of nitrogens with zero attached hydrogens (tertiary/aromatic N) is 1. The molecule has 2 N–H and O–H groups in total. The molecule has 25 heavy (non-hydrogen) atoms. The summed E-state index contributed by atoms with van der Waals surface area (Å²) in [6.45, 7) is 2.63. The molecule has 0 aliphatic carbocycles. The van der Waals surface area contributed by atoms with Crippen molar-refractivity contribution >= 4 is 5.91 Å². The molecule has 0 saturated carbocycles. The van der Waals surface area contributed by atoms with Crippen LogP contribution in [-0.2, 0) is 17.8 Å². The number of aliphatic hydroxyl groups excluding tert-OH is 1. The van der Waals surface area contributed by atoms with E-state index >= 15 is 0 Å². The van der Waals surface area contributed by atoms with Gasteiger partial charge in [0.1, 0.15) is 6.04 Å². The molecule has 4 nitrogen and oxygen atoms in total. The van der Waals surface area contributed by atoms with Gasteiger partial charge in [-0.05, 0) is 30.4 Å². The summed E-state index contributed by atoms with van der Waals surface area (Å²) in [5.41, 5.74) is 2.29. The van der Waals surface area contributed by atoms with Gasteiger partial charge in [-0.3, -0.25) is 10.1 Å². The number of hydrogen-bond acceptors (Lipinski definition) is 3. The molecule has 132 valence electrons. The van der Waals surface area contributed by atoms with Crippen molar-refractivity contribution < 1.29 is 9.90 Å². The van der Waals surface area contributed by atoms with Crippen LogP contribution in [0.3, 0.4) is 0 Å². The summed E-state index contributed by atoms with van der Waals surface area (Å²) in [5.74, 6) is -0.00346. The molecule has 4 heteroatoms. The molecule has 1 fully saturated rings. The number of aryl methyl sites for hydroxylation is 1. The van der Waals surface area contributed by atoms with E-state index in [4.69, 9.17) is 0 Å². The number of benzene rings is 2. The topological polar surface area (TPSA) is 52.6 Å². The summed E-state index contributed by atoms with van der Waals surface area (Å²) in [6, 6.07) is 19.5. The lowest BCUT2D eigenvalue weighted by Gasteiger charge is -2.23. The Balaban J connectivity index is 1.63. The molecule has 0 bridgehead atoms. The van der Waals surface area contributed by atoms with Gasteiger partial charge >= 0.3 is 0 Å². The van der Waals surface area contributed by atoms with Crippen molar-refractivity contribution in [2.45, 2.75) is 51.0 Å². The summed E-state index contributed by atoms with van der Waals surface area (Å²) in [4.78, 5) is 14.7. The molecule has 3 rings (SSSR count). The van der Waals surface area contributed by atoms with Crippen molar-refractivity contribution in [3.05, 3.63) is 71.8 Å². The molecule has 0 radical (unpaired) electrons. The summed E-state index contributed by atoms with van der Waals surface area (Å²) >= 11 is 0. The quantitative estimate of drug-likeness (QED) is 0.816. The van der Waals surface area contributed by atoms with Gasteiger partial charge < -0.3 is 10.0 Å².